The number of carbonyl (C=O) groups is 2. The minimum absolute atomic E-state index is 0.122. The van der Waals surface area contributed by atoms with Gasteiger partial charge in [-0.1, -0.05) is 53.5 Å². The fourth-order valence-electron chi connectivity index (χ4n) is 3.39. The van der Waals surface area contributed by atoms with Crippen molar-refractivity contribution in [2.45, 2.75) is 0 Å². The summed E-state index contributed by atoms with van der Waals surface area (Å²) in [7, 11) is 1.69. The van der Waals surface area contributed by atoms with Crippen LogP contribution in [0, 0.1) is 5.82 Å². The zero-order chi connectivity index (χ0) is 21.4. The Morgan fingerprint density at radius 1 is 0.867 bits per heavy atom. The van der Waals surface area contributed by atoms with Crippen LogP contribution < -0.4 is 9.80 Å². The molecule has 30 heavy (non-hydrogen) atoms. The van der Waals surface area contributed by atoms with Crippen molar-refractivity contribution >= 4 is 52.0 Å². The van der Waals surface area contributed by atoms with Gasteiger partial charge in [0, 0.05) is 23.3 Å². The second kappa shape index (κ2) is 7.94. The fraction of sp³-hybridized carbons (Fsp3) is 0.0435. The first-order valence-corrected chi connectivity index (χ1v) is 9.77. The van der Waals surface area contributed by atoms with Crippen molar-refractivity contribution in [3.63, 3.8) is 0 Å². The lowest BCUT2D eigenvalue weighted by Crippen LogP contribution is -2.34. The average Bonchev–Trinajstić information content (AvgIpc) is 2.98. The fourth-order valence-corrected chi connectivity index (χ4v) is 3.90. The molecular formula is C23H15Cl2FN2O2. The van der Waals surface area contributed by atoms with Gasteiger partial charge in [-0.25, -0.2) is 9.29 Å². The van der Waals surface area contributed by atoms with Gasteiger partial charge in [-0.05, 0) is 42.5 Å². The monoisotopic (exact) mass is 440 g/mol. The highest BCUT2D eigenvalue weighted by atomic mass is 35.5. The standard InChI is InChI=1S/C23H15Cl2FN2O2/c1-27(16-7-3-2-4-8-16)21-20(18-11-10-14(24)12-19(18)25)22(29)28(23(21)30)17-9-5-6-15(26)13-17/h2-13H,1H3. The Bertz CT molecular complexity index is 1190. The summed E-state index contributed by atoms with van der Waals surface area (Å²) in [5, 5.41) is 0.639. The van der Waals surface area contributed by atoms with Gasteiger partial charge in [-0.3, -0.25) is 9.59 Å². The molecule has 0 unspecified atom stereocenters. The third-order valence-corrected chi connectivity index (χ3v) is 5.35. The van der Waals surface area contributed by atoms with Gasteiger partial charge in [0.15, 0.2) is 0 Å². The van der Waals surface area contributed by atoms with E-state index in [9.17, 15) is 14.0 Å². The number of nitrogens with zero attached hydrogens (tertiary/aromatic N) is 2. The molecule has 0 bridgehead atoms. The SMILES string of the molecule is CN(C1=C(c2ccc(Cl)cc2Cl)C(=O)N(c2cccc(F)c2)C1=O)c1ccccc1. The summed E-state index contributed by atoms with van der Waals surface area (Å²) in [4.78, 5) is 29.4. The maximum absolute atomic E-state index is 13.8. The van der Waals surface area contributed by atoms with Crippen molar-refractivity contribution in [1.29, 1.82) is 0 Å². The summed E-state index contributed by atoms with van der Waals surface area (Å²) in [6.07, 6.45) is 0. The smallest absolute Gasteiger partial charge is 0.282 e. The predicted molar refractivity (Wildman–Crippen MR) is 117 cm³/mol. The molecule has 0 saturated heterocycles. The molecule has 7 heteroatoms. The molecule has 0 radical (unpaired) electrons. The molecule has 0 saturated carbocycles. The molecule has 150 valence electrons. The number of imide groups is 1. The molecule has 0 spiro atoms. The quantitative estimate of drug-likeness (QED) is 0.499. The molecule has 0 aromatic heterocycles. The Labute approximate surface area is 182 Å². The van der Waals surface area contributed by atoms with Crippen LogP contribution in [0.2, 0.25) is 10.0 Å². The van der Waals surface area contributed by atoms with Gasteiger partial charge in [0.25, 0.3) is 11.8 Å². The molecule has 3 aromatic carbocycles. The molecule has 1 heterocycles. The maximum atomic E-state index is 13.8. The molecule has 0 atom stereocenters. The molecular weight excluding hydrogens is 426 g/mol. The molecule has 0 aliphatic carbocycles. The zero-order valence-corrected chi connectivity index (χ0v) is 17.3. The van der Waals surface area contributed by atoms with Gasteiger partial charge in [-0.15, -0.1) is 0 Å². The van der Waals surface area contributed by atoms with E-state index >= 15 is 0 Å². The van der Waals surface area contributed by atoms with Gasteiger partial charge >= 0.3 is 0 Å². The number of para-hydroxylation sites is 1. The highest BCUT2D eigenvalue weighted by molar-refractivity contribution is 6.48. The number of hydrogen-bond acceptors (Lipinski definition) is 3. The van der Waals surface area contributed by atoms with Gasteiger partial charge in [0.2, 0.25) is 0 Å². The van der Waals surface area contributed by atoms with Crippen LogP contribution in [-0.4, -0.2) is 18.9 Å². The van der Waals surface area contributed by atoms with Crippen molar-refractivity contribution in [2.24, 2.45) is 0 Å². The Kier molecular flexibility index (Phi) is 5.33. The number of rotatable bonds is 4. The summed E-state index contributed by atoms with van der Waals surface area (Å²) in [6, 6.07) is 19.2. The van der Waals surface area contributed by atoms with E-state index in [1.165, 1.54) is 24.3 Å². The highest BCUT2D eigenvalue weighted by Gasteiger charge is 2.42. The number of anilines is 2. The lowest BCUT2D eigenvalue weighted by Gasteiger charge is -2.21. The first-order chi connectivity index (χ1) is 14.4. The van der Waals surface area contributed by atoms with Gasteiger partial charge in [0.05, 0.1) is 16.3 Å². The molecule has 4 rings (SSSR count). The number of hydrogen-bond donors (Lipinski definition) is 0. The summed E-state index contributed by atoms with van der Waals surface area (Å²) in [5.74, 6) is -1.71. The van der Waals surface area contributed by atoms with Crippen LogP contribution in [0.25, 0.3) is 5.57 Å². The van der Waals surface area contributed by atoms with Crippen molar-refractivity contribution < 1.29 is 14.0 Å². The first-order valence-electron chi connectivity index (χ1n) is 9.01. The normalized spacial score (nSPS) is 13.9. The van der Waals surface area contributed by atoms with Crippen LogP contribution in [0.4, 0.5) is 15.8 Å². The largest absolute Gasteiger partial charge is 0.339 e. The van der Waals surface area contributed by atoms with Crippen molar-refractivity contribution in [3.05, 3.63) is 99.9 Å². The van der Waals surface area contributed by atoms with Crippen LogP contribution >= 0.6 is 23.2 Å². The minimum Gasteiger partial charge on any atom is -0.339 e. The van der Waals surface area contributed by atoms with E-state index in [1.54, 1.807) is 24.1 Å². The van der Waals surface area contributed by atoms with Crippen LogP contribution in [0.15, 0.2) is 78.5 Å². The number of benzene rings is 3. The molecule has 0 fully saturated rings. The van der Waals surface area contributed by atoms with E-state index in [4.69, 9.17) is 23.2 Å². The van der Waals surface area contributed by atoms with Crippen molar-refractivity contribution in [3.8, 4) is 0 Å². The van der Waals surface area contributed by atoms with E-state index < -0.39 is 17.6 Å². The Balaban J connectivity index is 1.92. The first kappa shape index (κ1) is 20.1. The maximum Gasteiger partial charge on any atom is 0.282 e. The van der Waals surface area contributed by atoms with Crippen LogP contribution in [-0.2, 0) is 9.59 Å². The average molecular weight is 441 g/mol. The van der Waals surface area contributed by atoms with Crippen LogP contribution in [0.1, 0.15) is 5.56 Å². The molecule has 4 nitrogen and oxygen atoms in total. The Morgan fingerprint density at radius 2 is 1.60 bits per heavy atom. The third kappa shape index (κ3) is 3.47. The third-order valence-electron chi connectivity index (χ3n) is 4.81. The van der Waals surface area contributed by atoms with Crippen molar-refractivity contribution in [1.82, 2.24) is 0 Å². The zero-order valence-electron chi connectivity index (χ0n) is 15.8. The van der Waals surface area contributed by atoms with Gasteiger partial charge in [-0.2, -0.15) is 0 Å². The van der Waals surface area contributed by atoms with Crippen LogP contribution in [0.5, 0.6) is 0 Å². The summed E-state index contributed by atoms with van der Waals surface area (Å²) in [5.41, 5.74) is 1.48. The highest BCUT2D eigenvalue weighted by Crippen LogP contribution is 2.39. The van der Waals surface area contributed by atoms with E-state index in [1.807, 2.05) is 30.3 Å². The Hall–Kier alpha value is -3.15. The lowest BCUT2D eigenvalue weighted by molar-refractivity contribution is -0.120. The molecule has 2 amide bonds. The van der Waals surface area contributed by atoms with Gasteiger partial charge < -0.3 is 4.90 Å². The van der Waals surface area contributed by atoms with Gasteiger partial charge in [0.1, 0.15) is 11.5 Å². The number of carbonyl (C=O) groups excluding carboxylic acids is 2. The molecule has 1 aliphatic heterocycles. The number of likely N-dealkylation sites (N-methyl/N-ethyl adjacent to an activating group) is 1. The summed E-state index contributed by atoms with van der Waals surface area (Å²) < 4.78 is 13.8. The number of halogens is 3. The lowest BCUT2D eigenvalue weighted by atomic mass is 10.0. The second-order valence-electron chi connectivity index (χ2n) is 6.67. The predicted octanol–water partition coefficient (Wildman–Crippen LogP) is 5.55. The number of amides is 2. The summed E-state index contributed by atoms with van der Waals surface area (Å²) in [6.45, 7) is 0. The molecule has 0 N–H and O–H groups in total. The second-order valence-corrected chi connectivity index (χ2v) is 7.51. The summed E-state index contributed by atoms with van der Waals surface area (Å²) >= 11 is 12.4. The van der Waals surface area contributed by atoms with E-state index in [0.717, 1.165) is 11.0 Å². The van der Waals surface area contributed by atoms with E-state index in [2.05, 4.69) is 0 Å². The van der Waals surface area contributed by atoms with Crippen LogP contribution in [0.3, 0.4) is 0 Å². The van der Waals surface area contributed by atoms with Crippen molar-refractivity contribution in [2.75, 3.05) is 16.8 Å². The van der Waals surface area contributed by atoms with E-state index in [0.29, 0.717) is 16.3 Å². The molecule has 1 aliphatic rings. The molecule has 3 aromatic rings. The Morgan fingerprint density at radius 3 is 2.27 bits per heavy atom. The topological polar surface area (TPSA) is 40.6 Å². The minimum atomic E-state index is -0.590. The van der Waals surface area contributed by atoms with E-state index in [-0.39, 0.29) is 22.0 Å².